The summed E-state index contributed by atoms with van der Waals surface area (Å²) in [5.41, 5.74) is -1.66. The summed E-state index contributed by atoms with van der Waals surface area (Å²) in [6.07, 6.45) is -3.13. The lowest BCUT2D eigenvalue weighted by Crippen LogP contribution is -2.37. The fourth-order valence-corrected chi connectivity index (χ4v) is 1.94. The van der Waals surface area contributed by atoms with Gasteiger partial charge in [-0.05, 0) is 24.6 Å². The van der Waals surface area contributed by atoms with Crippen molar-refractivity contribution in [3.63, 3.8) is 0 Å². The van der Waals surface area contributed by atoms with Gasteiger partial charge in [0.2, 0.25) is 0 Å². The van der Waals surface area contributed by atoms with Crippen molar-refractivity contribution in [2.24, 2.45) is 0 Å². The highest BCUT2D eigenvalue weighted by atomic mass is 19.4. The molecule has 0 unspecified atom stereocenters. The Morgan fingerprint density at radius 2 is 2.09 bits per heavy atom. The van der Waals surface area contributed by atoms with Crippen LogP contribution in [0.1, 0.15) is 30.9 Å². The Hall–Kier alpha value is -2.27. The van der Waals surface area contributed by atoms with Gasteiger partial charge in [-0.2, -0.15) is 18.4 Å². The summed E-state index contributed by atoms with van der Waals surface area (Å²) in [5, 5.41) is 20.1. The Morgan fingerprint density at radius 1 is 1.39 bits per heavy atom. The third-order valence-electron chi connectivity index (χ3n) is 3.14. The van der Waals surface area contributed by atoms with Crippen molar-refractivity contribution in [3.8, 4) is 6.07 Å². The molecule has 0 saturated heterocycles. The quantitative estimate of drug-likeness (QED) is 0.841. The number of aliphatic hydroxyl groups excluding tert-OH is 1. The highest BCUT2D eigenvalue weighted by Crippen LogP contribution is 2.33. The number of amides is 2. The number of nitriles is 1. The molecular formula is C15H18F3N3O2. The van der Waals surface area contributed by atoms with E-state index in [4.69, 9.17) is 10.4 Å². The molecule has 0 aliphatic carbocycles. The number of unbranched alkanes of at least 4 members (excludes halogenated alkanes) is 1. The topological polar surface area (TPSA) is 76.4 Å². The van der Waals surface area contributed by atoms with Crippen LogP contribution in [0, 0.1) is 11.3 Å². The van der Waals surface area contributed by atoms with Crippen LogP contribution in [0.3, 0.4) is 0 Å². The van der Waals surface area contributed by atoms with Gasteiger partial charge in [0.15, 0.2) is 0 Å². The number of urea groups is 1. The van der Waals surface area contributed by atoms with Crippen molar-refractivity contribution >= 4 is 11.7 Å². The van der Waals surface area contributed by atoms with Crippen molar-refractivity contribution in [2.75, 3.05) is 25.0 Å². The van der Waals surface area contributed by atoms with Crippen molar-refractivity contribution in [3.05, 3.63) is 29.3 Å². The van der Waals surface area contributed by atoms with Gasteiger partial charge in [-0.15, -0.1) is 0 Å². The van der Waals surface area contributed by atoms with Crippen LogP contribution in [0.15, 0.2) is 18.2 Å². The van der Waals surface area contributed by atoms with E-state index in [2.05, 4.69) is 5.32 Å². The standard InChI is InChI=1S/C15H18F3N3O2/c1-2-3-6-21(7-8-22)14(23)20-12-5-4-11(10-19)13(9-12)15(16,17)18/h4-5,9,22H,2-3,6-8H2,1H3,(H,20,23). The molecular weight excluding hydrogens is 311 g/mol. The lowest BCUT2D eigenvalue weighted by atomic mass is 10.1. The van der Waals surface area contributed by atoms with Gasteiger partial charge in [0.1, 0.15) is 0 Å². The highest BCUT2D eigenvalue weighted by Gasteiger charge is 2.34. The number of carbonyl (C=O) groups excluding carboxylic acids is 1. The Bertz CT molecular complexity index is 582. The number of aliphatic hydroxyl groups is 1. The van der Waals surface area contributed by atoms with E-state index >= 15 is 0 Å². The van der Waals surface area contributed by atoms with Gasteiger partial charge in [-0.1, -0.05) is 13.3 Å². The molecule has 5 nitrogen and oxygen atoms in total. The van der Waals surface area contributed by atoms with E-state index in [9.17, 15) is 18.0 Å². The minimum atomic E-state index is -4.68. The monoisotopic (exact) mass is 329 g/mol. The summed E-state index contributed by atoms with van der Waals surface area (Å²) >= 11 is 0. The molecule has 1 aromatic rings. The zero-order chi connectivity index (χ0) is 17.5. The number of alkyl halides is 3. The maximum absolute atomic E-state index is 12.9. The molecule has 0 radical (unpaired) electrons. The van der Waals surface area contributed by atoms with E-state index in [1.807, 2.05) is 6.92 Å². The number of hydrogen-bond donors (Lipinski definition) is 2. The van der Waals surface area contributed by atoms with Gasteiger partial charge in [0.25, 0.3) is 0 Å². The number of carbonyl (C=O) groups is 1. The second-order valence-electron chi connectivity index (χ2n) is 4.86. The maximum atomic E-state index is 12.9. The number of hydrogen-bond acceptors (Lipinski definition) is 3. The molecule has 0 bridgehead atoms. The van der Waals surface area contributed by atoms with Crippen LogP contribution >= 0.6 is 0 Å². The number of anilines is 1. The SMILES string of the molecule is CCCCN(CCO)C(=O)Nc1ccc(C#N)c(C(F)(F)F)c1. The van der Waals surface area contributed by atoms with E-state index in [0.29, 0.717) is 13.0 Å². The average molecular weight is 329 g/mol. The van der Waals surface area contributed by atoms with Gasteiger partial charge in [-0.25, -0.2) is 4.79 Å². The van der Waals surface area contributed by atoms with E-state index in [1.165, 1.54) is 17.0 Å². The van der Waals surface area contributed by atoms with E-state index in [0.717, 1.165) is 18.6 Å². The van der Waals surface area contributed by atoms with Gasteiger partial charge in [0.05, 0.1) is 23.8 Å². The lowest BCUT2D eigenvalue weighted by Gasteiger charge is -2.22. The predicted molar refractivity (Wildman–Crippen MR) is 78.7 cm³/mol. The molecule has 0 aliphatic heterocycles. The smallest absolute Gasteiger partial charge is 0.395 e. The van der Waals surface area contributed by atoms with Crippen molar-refractivity contribution in [1.82, 2.24) is 4.90 Å². The van der Waals surface area contributed by atoms with Crippen LogP contribution in [0.4, 0.5) is 23.7 Å². The molecule has 1 rings (SSSR count). The van der Waals surface area contributed by atoms with Crippen LogP contribution in [0.5, 0.6) is 0 Å². The zero-order valence-corrected chi connectivity index (χ0v) is 12.7. The molecule has 1 aromatic carbocycles. The molecule has 126 valence electrons. The average Bonchev–Trinajstić information content (AvgIpc) is 2.50. The Balaban J connectivity index is 2.95. The van der Waals surface area contributed by atoms with Crippen LogP contribution in [0.2, 0.25) is 0 Å². The third-order valence-corrected chi connectivity index (χ3v) is 3.14. The maximum Gasteiger partial charge on any atom is 0.417 e. The second kappa shape index (κ2) is 8.39. The first kappa shape index (κ1) is 18.8. The molecule has 23 heavy (non-hydrogen) atoms. The van der Waals surface area contributed by atoms with Crippen molar-refractivity contribution in [2.45, 2.75) is 25.9 Å². The predicted octanol–water partition coefficient (Wildman–Crippen LogP) is 3.20. The van der Waals surface area contributed by atoms with Crippen LogP contribution < -0.4 is 5.32 Å². The van der Waals surface area contributed by atoms with Crippen LogP contribution in [-0.2, 0) is 6.18 Å². The highest BCUT2D eigenvalue weighted by molar-refractivity contribution is 5.89. The molecule has 0 aliphatic rings. The zero-order valence-electron chi connectivity index (χ0n) is 12.7. The van der Waals surface area contributed by atoms with Gasteiger partial charge in [0, 0.05) is 18.8 Å². The molecule has 2 amide bonds. The Morgan fingerprint density at radius 3 is 2.61 bits per heavy atom. The Kier molecular flexibility index (Phi) is 6.85. The minimum Gasteiger partial charge on any atom is -0.395 e. The molecule has 0 fully saturated rings. The van der Waals surface area contributed by atoms with Crippen LogP contribution in [0.25, 0.3) is 0 Å². The molecule has 2 N–H and O–H groups in total. The van der Waals surface area contributed by atoms with Gasteiger partial charge in [-0.3, -0.25) is 0 Å². The number of halogens is 3. The summed E-state index contributed by atoms with van der Waals surface area (Å²) < 4.78 is 38.7. The first-order chi connectivity index (χ1) is 10.8. The number of rotatable bonds is 6. The fourth-order valence-electron chi connectivity index (χ4n) is 1.94. The number of nitrogens with zero attached hydrogens (tertiary/aromatic N) is 2. The first-order valence-corrected chi connectivity index (χ1v) is 7.11. The largest absolute Gasteiger partial charge is 0.417 e. The molecule has 0 spiro atoms. The number of nitrogens with one attached hydrogen (secondary N) is 1. The summed E-state index contributed by atoms with van der Waals surface area (Å²) in [6, 6.07) is 3.87. The van der Waals surface area contributed by atoms with E-state index in [-0.39, 0.29) is 18.8 Å². The summed E-state index contributed by atoms with van der Waals surface area (Å²) in [5.74, 6) is 0. The second-order valence-corrected chi connectivity index (χ2v) is 4.86. The lowest BCUT2D eigenvalue weighted by molar-refractivity contribution is -0.137. The summed E-state index contributed by atoms with van der Waals surface area (Å²) in [6.45, 7) is 2.18. The fraction of sp³-hybridized carbons (Fsp3) is 0.467. The summed E-state index contributed by atoms with van der Waals surface area (Å²) in [4.78, 5) is 13.4. The van der Waals surface area contributed by atoms with Crippen LogP contribution in [-0.4, -0.2) is 35.7 Å². The van der Waals surface area contributed by atoms with Crippen molar-refractivity contribution < 1.29 is 23.1 Å². The van der Waals surface area contributed by atoms with E-state index < -0.39 is 23.3 Å². The summed E-state index contributed by atoms with van der Waals surface area (Å²) in [7, 11) is 0. The van der Waals surface area contributed by atoms with Gasteiger partial charge < -0.3 is 15.3 Å². The third kappa shape index (κ3) is 5.45. The van der Waals surface area contributed by atoms with E-state index in [1.54, 1.807) is 0 Å². The first-order valence-electron chi connectivity index (χ1n) is 7.11. The van der Waals surface area contributed by atoms with Crippen molar-refractivity contribution in [1.29, 1.82) is 5.26 Å². The molecule has 0 atom stereocenters. The number of benzene rings is 1. The molecule has 0 aromatic heterocycles. The minimum absolute atomic E-state index is 0.0548. The Labute approximate surface area is 132 Å². The molecule has 8 heteroatoms. The van der Waals surface area contributed by atoms with Gasteiger partial charge >= 0.3 is 12.2 Å². The molecule has 0 heterocycles. The normalized spacial score (nSPS) is 11.0. The molecule has 0 saturated carbocycles.